The van der Waals surface area contributed by atoms with Crippen LogP contribution in [0.3, 0.4) is 0 Å². The fourth-order valence-electron chi connectivity index (χ4n) is 2.22. The second-order valence-corrected chi connectivity index (χ2v) is 5.82. The lowest BCUT2D eigenvalue weighted by molar-refractivity contribution is 0.636. The number of hydrogen-bond acceptors (Lipinski definition) is 2. The molecule has 94 valence electrons. The molecule has 2 aromatic carbocycles. The lowest BCUT2D eigenvalue weighted by Crippen LogP contribution is -2.28. The molecule has 1 atom stereocenters. The standard InChI is InChI=1S/C15H17IN2/c1-10-7-11(2)9-13(8-10)15(18-17)12-3-5-14(16)6-4-12/h3-9,15,18H,17H2,1-2H3. The summed E-state index contributed by atoms with van der Waals surface area (Å²) in [7, 11) is 0. The predicted molar refractivity (Wildman–Crippen MR) is 84.2 cm³/mol. The summed E-state index contributed by atoms with van der Waals surface area (Å²) in [4.78, 5) is 0. The first kappa shape index (κ1) is 13.5. The van der Waals surface area contributed by atoms with Gasteiger partial charge in [0.05, 0.1) is 6.04 Å². The average Bonchev–Trinajstić information content (AvgIpc) is 2.31. The topological polar surface area (TPSA) is 38.0 Å². The average molecular weight is 352 g/mol. The van der Waals surface area contributed by atoms with Gasteiger partial charge >= 0.3 is 0 Å². The van der Waals surface area contributed by atoms with Gasteiger partial charge in [-0.1, -0.05) is 41.5 Å². The smallest absolute Gasteiger partial charge is 0.0710 e. The van der Waals surface area contributed by atoms with Gasteiger partial charge in [0, 0.05) is 3.57 Å². The number of nitrogens with one attached hydrogen (secondary N) is 1. The van der Waals surface area contributed by atoms with Crippen LogP contribution in [0.4, 0.5) is 0 Å². The van der Waals surface area contributed by atoms with Crippen molar-refractivity contribution in [3.8, 4) is 0 Å². The van der Waals surface area contributed by atoms with Crippen molar-refractivity contribution in [1.29, 1.82) is 0 Å². The monoisotopic (exact) mass is 352 g/mol. The lowest BCUT2D eigenvalue weighted by atomic mass is 9.96. The van der Waals surface area contributed by atoms with E-state index >= 15 is 0 Å². The zero-order valence-corrected chi connectivity index (χ0v) is 12.7. The Hall–Kier alpha value is -0.910. The van der Waals surface area contributed by atoms with Crippen molar-refractivity contribution < 1.29 is 0 Å². The van der Waals surface area contributed by atoms with E-state index in [-0.39, 0.29) is 6.04 Å². The predicted octanol–water partition coefficient (Wildman–Crippen LogP) is 3.46. The molecule has 0 radical (unpaired) electrons. The number of hydrazine groups is 1. The number of aryl methyl sites for hydroxylation is 2. The molecule has 0 amide bonds. The molecule has 2 aromatic rings. The SMILES string of the molecule is Cc1cc(C)cc(C(NN)c2ccc(I)cc2)c1. The van der Waals surface area contributed by atoms with Crippen LogP contribution < -0.4 is 11.3 Å². The summed E-state index contributed by atoms with van der Waals surface area (Å²) in [5.74, 6) is 5.72. The minimum absolute atomic E-state index is 0.0422. The highest BCUT2D eigenvalue weighted by Crippen LogP contribution is 2.24. The van der Waals surface area contributed by atoms with Crippen LogP contribution >= 0.6 is 22.6 Å². The second-order valence-electron chi connectivity index (χ2n) is 4.57. The minimum Gasteiger partial charge on any atom is -0.271 e. The largest absolute Gasteiger partial charge is 0.271 e. The molecule has 0 aliphatic heterocycles. The molecular weight excluding hydrogens is 335 g/mol. The van der Waals surface area contributed by atoms with E-state index in [1.165, 1.54) is 25.8 Å². The summed E-state index contributed by atoms with van der Waals surface area (Å²) in [6.45, 7) is 4.22. The van der Waals surface area contributed by atoms with Crippen LogP contribution in [0.25, 0.3) is 0 Å². The highest BCUT2D eigenvalue weighted by Gasteiger charge is 2.12. The van der Waals surface area contributed by atoms with Crippen molar-refractivity contribution in [2.75, 3.05) is 0 Å². The molecule has 0 fully saturated rings. The molecule has 18 heavy (non-hydrogen) atoms. The van der Waals surface area contributed by atoms with Gasteiger partial charge in [0.15, 0.2) is 0 Å². The van der Waals surface area contributed by atoms with Crippen molar-refractivity contribution in [3.05, 3.63) is 68.3 Å². The molecule has 0 bridgehead atoms. The van der Waals surface area contributed by atoms with Gasteiger partial charge in [-0.25, -0.2) is 5.43 Å². The first-order valence-electron chi connectivity index (χ1n) is 5.90. The van der Waals surface area contributed by atoms with Crippen LogP contribution in [0.15, 0.2) is 42.5 Å². The van der Waals surface area contributed by atoms with Crippen LogP contribution in [-0.2, 0) is 0 Å². The summed E-state index contributed by atoms with van der Waals surface area (Å²) in [5.41, 5.74) is 7.81. The van der Waals surface area contributed by atoms with Gasteiger partial charge in [-0.3, -0.25) is 5.84 Å². The Kier molecular flexibility index (Phi) is 4.37. The molecule has 0 aromatic heterocycles. The normalized spacial score (nSPS) is 12.4. The van der Waals surface area contributed by atoms with E-state index in [0.717, 1.165) is 0 Å². The van der Waals surface area contributed by atoms with Gasteiger partial charge in [-0.15, -0.1) is 0 Å². The van der Waals surface area contributed by atoms with Gasteiger partial charge in [-0.2, -0.15) is 0 Å². The fraction of sp³-hybridized carbons (Fsp3) is 0.200. The van der Waals surface area contributed by atoms with E-state index in [1.807, 2.05) is 0 Å². The third-order valence-electron chi connectivity index (χ3n) is 2.95. The molecule has 3 N–H and O–H groups in total. The molecule has 2 nitrogen and oxygen atoms in total. The maximum Gasteiger partial charge on any atom is 0.0710 e. The summed E-state index contributed by atoms with van der Waals surface area (Å²) in [6, 6.07) is 15.0. The fourth-order valence-corrected chi connectivity index (χ4v) is 2.58. The number of rotatable bonds is 3. The Morgan fingerprint density at radius 1 is 0.944 bits per heavy atom. The van der Waals surface area contributed by atoms with Crippen LogP contribution in [0.2, 0.25) is 0 Å². The van der Waals surface area contributed by atoms with E-state index in [2.05, 4.69) is 84.3 Å². The Balaban J connectivity index is 2.41. The van der Waals surface area contributed by atoms with Crippen molar-refractivity contribution in [2.45, 2.75) is 19.9 Å². The van der Waals surface area contributed by atoms with Crippen molar-refractivity contribution in [3.63, 3.8) is 0 Å². The molecule has 1 unspecified atom stereocenters. The maximum atomic E-state index is 5.72. The Labute approximate surface area is 122 Å². The second kappa shape index (κ2) is 5.82. The third kappa shape index (κ3) is 3.10. The first-order valence-corrected chi connectivity index (χ1v) is 6.98. The van der Waals surface area contributed by atoms with Gasteiger partial charge in [0.25, 0.3) is 0 Å². The van der Waals surface area contributed by atoms with Crippen LogP contribution in [-0.4, -0.2) is 0 Å². The van der Waals surface area contributed by atoms with Gasteiger partial charge in [0.2, 0.25) is 0 Å². The molecule has 0 saturated heterocycles. The van der Waals surface area contributed by atoms with Crippen molar-refractivity contribution >= 4 is 22.6 Å². The number of halogens is 1. The van der Waals surface area contributed by atoms with Gasteiger partial charge in [0.1, 0.15) is 0 Å². The van der Waals surface area contributed by atoms with Crippen LogP contribution in [0.1, 0.15) is 28.3 Å². The zero-order valence-electron chi connectivity index (χ0n) is 10.6. The maximum absolute atomic E-state index is 5.72. The third-order valence-corrected chi connectivity index (χ3v) is 3.67. The highest BCUT2D eigenvalue weighted by atomic mass is 127. The quantitative estimate of drug-likeness (QED) is 0.504. The molecule has 0 spiro atoms. The van der Waals surface area contributed by atoms with E-state index in [1.54, 1.807) is 0 Å². The Morgan fingerprint density at radius 3 is 2.00 bits per heavy atom. The molecule has 0 saturated carbocycles. The van der Waals surface area contributed by atoms with E-state index < -0.39 is 0 Å². The van der Waals surface area contributed by atoms with E-state index in [9.17, 15) is 0 Å². The highest BCUT2D eigenvalue weighted by molar-refractivity contribution is 14.1. The number of hydrogen-bond donors (Lipinski definition) is 2. The molecule has 3 heteroatoms. The molecule has 0 aliphatic carbocycles. The Morgan fingerprint density at radius 2 is 1.50 bits per heavy atom. The van der Waals surface area contributed by atoms with Gasteiger partial charge < -0.3 is 0 Å². The van der Waals surface area contributed by atoms with Crippen LogP contribution in [0, 0.1) is 17.4 Å². The lowest BCUT2D eigenvalue weighted by Gasteiger charge is -2.18. The first-order chi connectivity index (χ1) is 8.60. The van der Waals surface area contributed by atoms with E-state index in [4.69, 9.17) is 5.84 Å². The van der Waals surface area contributed by atoms with Gasteiger partial charge in [-0.05, 0) is 59.7 Å². The molecule has 0 heterocycles. The van der Waals surface area contributed by atoms with E-state index in [0.29, 0.717) is 0 Å². The molecule has 2 rings (SSSR count). The van der Waals surface area contributed by atoms with Crippen LogP contribution in [0.5, 0.6) is 0 Å². The Bertz CT molecular complexity index is 514. The molecule has 0 aliphatic rings. The zero-order chi connectivity index (χ0) is 13.1. The van der Waals surface area contributed by atoms with Crippen molar-refractivity contribution in [1.82, 2.24) is 5.43 Å². The summed E-state index contributed by atoms with van der Waals surface area (Å²) < 4.78 is 1.23. The minimum atomic E-state index is 0.0422. The number of nitrogens with two attached hydrogens (primary N) is 1. The summed E-state index contributed by atoms with van der Waals surface area (Å²) in [6.07, 6.45) is 0. The summed E-state index contributed by atoms with van der Waals surface area (Å²) in [5, 5.41) is 0. The van der Waals surface area contributed by atoms with Crippen molar-refractivity contribution in [2.24, 2.45) is 5.84 Å². The molecular formula is C15H17IN2. The summed E-state index contributed by atoms with van der Waals surface area (Å²) >= 11 is 2.31. The number of benzene rings is 2.